The highest BCUT2D eigenvalue weighted by molar-refractivity contribution is 7.05. The van der Waals surface area contributed by atoms with Crippen LogP contribution >= 0.6 is 11.5 Å². The molecule has 20 heavy (non-hydrogen) atoms. The van der Waals surface area contributed by atoms with E-state index in [4.69, 9.17) is 10.3 Å². The molecular formula is C14H16N4OS. The van der Waals surface area contributed by atoms with Gasteiger partial charge in [-0.15, -0.1) is 5.10 Å². The fourth-order valence-corrected chi connectivity index (χ4v) is 3.15. The number of para-hydroxylation sites is 1. The number of fused-ring (bicyclic) bond motifs is 1. The quantitative estimate of drug-likeness (QED) is 0.570. The van der Waals surface area contributed by atoms with Gasteiger partial charge in [-0.25, -0.2) is 5.43 Å². The van der Waals surface area contributed by atoms with Crippen molar-refractivity contribution in [2.45, 2.75) is 26.3 Å². The summed E-state index contributed by atoms with van der Waals surface area (Å²) in [6, 6.07) is 7.90. The Morgan fingerprint density at radius 2 is 2.30 bits per heavy atom. The number of aromatic nitrogens is 2. The van der Waals surface area contributed by atoms with Crippen LogP contribution < -0.4 is 11.3 Å². The third-order valence-electron chi connectivity index (χ3n) is 3.39. The topological polar surface area (TPSA) is 77.0 Å². The van der Waals surface area contributed by atoms with Gasteiger partial charge in [-0.3, -0.25) is 5.84 Å². The van der Waals surface area contributed by atoms with Crippen molar-refractivity contribution in [3.8, 4) is 0 Å². The number of nitrogens with one attached hydrogen (secondary N) is 1. The summed E-state index contributed by atoms with van der Waals surface area (Å²) in [7, 11) is 0. The first kappa shape index (κ1) is 13.2. The molecule has 5 nitrogen and oxygen atoms in total. The smallest absolute Gasteiger partial charge is 0.137 e. The SMILES string of the molecule is CCc1nnsc1C(NN)c1cc2cccc(C)c2o1. The highest BCUT2D eigenvalue weighted by Gasteiger charge is 2.23. The number of benzene rings is 1. The second-order valence-corrected chi connectivity index (χ2v) is 5.46. The molecular weight excluding hydrogens is 272 g/mol. The largest absolute Gasteiger partial charge is 0.459 e. The average Bonchev–Trinajstić information content (AvgIpc) is 3.07. The van der Waals surface area contributed by atoms with Crippen molar-refractivity contribution < 1.29 is 4.42 Å². The summed E-state index contributed by atoms with van der Waals surface area (Å²) in [5, 5.41) is 5.21. The molecule has 0 spiro atoms. The second kappa shape index (κ2) is 5.32. The Kier molecular flexibility index (Phi) is 3.52. The van der Waals surface area contributed by atoms with E-state index in [0.717, 1.165) is 39.3 Å². The van der Waals surface area contributed by atoms with Gasteiger partial charge >= 0.3 is 0 Å². The van der Waals surface area contributed by atoms with Crippen molar-refractivity contribution in [2.75, 3.05) is 0 Å². The maximum atomic E-state index is 5.98. The van der Waals surface area contributed by atoms with Crippen LogP contribution in [-0.4, -0.2) is 9.59 Å². The van der Waals surface area contributed by atoms with E-state index in [1.165, 1.54) is 11.5 Å². The van der Waals surface area contributed by atoms with Gasteiger partial charge < -0.3 is 4.42 Å². The van der Waals surface area contributed by atoms with Crippen LogP contribution in [0.5, 0.6) is 0 Å². The van der Waals surface area contributed by atoms with Gasteiger partial charge in [0.2, 0.25) is 0 Å². The van der Waals surface area contributed by atoms with Gasteiger partial charge in [-0.2, -0.15) is 0 Å². The number of hydrogen-bond acceptors (Lipinski definition) is 6. The molecule has 0 aliphatic heterocycles. The van der Waals surface area contributed by atoms with Crippen LogP contribution in [0, 0.1) is 6.92 Å². The fourth-order valence-electron chi connectivity index (χ4n) is 2.34. The van der Waals surface area contributed by atoms with Crippen LogP contribution in [-0.2, 0) is 6.42 Å². The zero-order valence-electron chi connectivity index (χ0n) is 11.4. The Labute approximate surface area is 120 Å². The Bertz CT molecular complexity index is 734. The van der Waals surface area contributed by atoms with Crippen molar-refractivity contribution in [3.63, 3.8) is 0 Å². The Balaban J connectivity index is 2.10. The summed E-state index contributed by atoms with van der Waals surface area (Å²) in [5.41, 5.74) is 5.78. The number of nitrogens with two attached hydrogens (primary N) is 1. The molecule has 0 amide bonds. The van der Waals surface area contributed by atoms with Crippen LogP contribution in [0.4, 0.5) is 0 Å². The first-order valence-corrected chi connectivity index (χ1v) is 7.28. The molecule has 6 heteroatoms. The monoisotopic (exact) mass is 288 g/mol. The summed E-state index contributed by atoms with van der Waals surface area (Å²) in [4.78, 5) is 1.01. The predicted molar refractivity (Wildman–Crippen MR) is 79.4 cm³/mol. The summed E-state index contributed by atoms with van der Waals surface area (Å²) < 4.78 is 10.00. The van der Waals surface area contributed by atoms with Crippen LogP contribution in [0.25, 0.3) is 11.0 Å². The molecule has 2 aromatic heterocycles. The summed E-state index contributed by atoms with van der Waals surface area (Å²) in [5.74, 6) is 6.51. The number of nitrogens with zero attached hydrogens (tertiary/aromatic N) is 2. The minimum atomic E-state index is -0.211. The van der Waals surface area contributed by atoms with E-state index in [2.05, 4.69) is 21.9 Å². The van der Waals surface area contributed by atoms with Crippen molar-refractivity contribution in [1.29, 1.82) is 0 Å². The highest BCUT2D eigenvalue weighted by Crippen LogP contribution is 2.32. The Morgan fingerprint density at radius 1 is 1.45 bits per heavy atom. The molecule has 0 saturated heterocycles. The number of hydrazine groups is 1. The standard InChI is InChI=1S/C14H16N4OS/c1-3-10-14(20-18-17-10)12(16-15)11-7-9-6-4-5-8(2)13(9)19-11/h4-7,12,16H,3,15H2,1-2H3. The molecule has 0 aliphatic carbocycles. The van der Waals surface area contributed by atoms with Gasteiger partial charge in [0.15, 0.2) is 0 Å². The van der Waals surface area contributed by atoms with Crippen molar-refractivity contribution in [1.82, 2.24) is 15.0 Å². The molecule has 0 fully saturated rings. The number of furan rings is 1. The lowest BCUT2D eigenvalue weighted by molar-refractivity contribution is 0.478. The number of rotatable bonds is 4. The van der Waals surface area contributed by atoms with Crippen LogP contribution in [0.15, 0.2) is 28.7 Å². The van der Waals surface area contributed by atoms with Gasteiger partial charge in [-0.1, -0.05) is 29.6 Å². The minimum absolute atomic E-state index is 0.211. The fraction of sp³-hybridized carbons (Fsp3) is 0.286. The molecule has 0 bridgehead atoms. The first-order valence-electron chi connectivity index (χ1n) is 6.51. The second-order valence-electron chi connectivity index (χ2n) is 4.68. The molecule has 104 valence electrons. The molecule has 1 unspecified atom stereocenters. The van der Waals surface area contributed by atoms with E-state index in [9.17, 15) is 0 Å². The van der Waals surface area contributed by atoms with Crippen molar-refractivity contribution in [3.05, 3.63) is 46.2 Å². The normalized spacial score (nSPS) is 12.9. The number of aryl methyl sites for hydroxylation is 2. The third kappa shape index (κ3) is 2.11. The Morgan fingerprint density at radius 3 is 3.00 bits per heavy atom. The molecule has 1 aromatic carbocycles. The zero-order valence-corrected chi connectivity index (χ0v) is 12.2. The molecule has 3 N–H and O–H groups in total. The van der Waals surface area contributed by atoms with Gasteiger partial charge in [0.25, 0.3) is 0 Å². The van der Waals surface area contributed by atoms with Crippen molar-refractivity contribution in [2.24, 2.45) is 5.84 Å². The highest BCUT2D eigenvalue weighted by atomic mass is 32.1. The van der Waals surface area contributed by atoms with Crippen LogP contribution in [0.3, 0.4) is 0 Å². The van der Waals surface area contributed by atoms with Gasteiger partial charge in [0, 0.05) is 5.39 Å². The van der Waals surface area contributed by atoms with Gasteiger partial charge in [0.1, 0.15) is 17.4 Å². The molecule has 2 heterocycles. The summed E-state index contributed by atoms with van der Waals surface area (Å²) in [6.45, 7) is 4.09. The van der Waals surface area contributed by atoms with Gasteiger partial charge in [-0.05, 0) is 36.5 Å². The molecule has 1 atom stereocenters. The van der Waals surface area contributed by atoms with E-state index in [1.54, 1.807) is 0 Å². The van der Waals surface area contributed by atoms with E-state index in [1.807, 2.05) is 31.2 Å². The van der Waals surface area contributed by atoms with E-state index in [-0.39, 0.29) is 6.04 Å². The van der Waals surface area contributed by atoms with Crippen molar-refractivity contribution >= 4 is 22.5 Å². The number of hydrogen-bond donors (Lipinski definition) is 2. The molecule has 0 saturated carbocycles. The third-order valence-corrected chi connectivity index (χ3v) is 4.22. The molecule has 3 rings (SSSR count). The van der Waals surface area contributed by atoms with E-state index >= 15 is 0 Å². The summed E-state index contributed by atoms with van der Waals surface area (Å²) in [6.07, 6.45) is 0.823. The lowest BCUT2D eigenvalue weighted by atomic mass is 10.1. The van der Waals surface area contributed by atoms with E-state index in [0.29, 0.717) is 0 Å². The van der Waals surface area contributed by atoms with Gasteiger partial charge in [0.05, 0.1) is 10.6 Å². The lowest BCUT2D eigenvalue weighted by Crippen LogP contribution is -2.28. The zero-order chi connectivity index (χ0) is 14.1. The maximum absolute atomic E-state index is 5.98. The van der Waals surface area contributed by atoms with Crippen LogP contribution in [0.2, 0.25) is 0 Å². The predicted octanol–water partition coefficient (Wildman–Crippen LogP) is 2.71. The molecule has 0 radical (unpaired) electrons. The van der Waals surface area contributed by atoms with Crippen LogP contribution in [0.1, 0.15) is 34.9 Å². The molecule has 3 aromatic rings. The lowest BCUT2D eigenvalue weighted by Gasteiger charge is -2.11. The first-order chi connectivity index (χ1) is 9.74. The minimum Gasteiger partial charge on any atom is -0.459 e. The Hall–Kier alpha value is -1.76. The maximum Gasteiger partial charge on any atom is 0.137 e. The average molecular weight is 288 g/mol. The molecule has 0 aliphatic rings. The van der Waals surface area contributed by atoms with E-state index < -0.39 is 0 Å². The summed E-state index contributed by atoms with van der Waals surface area (Å²) >= 11 is 1.35.